The Morgan fingerprint density at radius 3 is 1.77 bits per heavy atom. The van der Waals surface area contributed by atoms with Gasteiger partial charge in [0.25, 0.3) is 0 Å². The lowest BCUT2D eigenvalue weighted by Gasteiger charge is -2.18. The average molecular weight is 406 g/mol. The molecule has 3 N–H and O–H groups in total. The van der Waals surface area contributed by atoms with Crippen molar-refractivity contribution in [2.75, 3.05) is 20.3 Å². The standard InChI is InChI=1S/C25H26O5/c1-3-22(19-8-13-23(29-2)24(16-19)30-15-14-26)25(17-4-9-20(27)10-5-17)18-6-11-21(28)12-7-18/h4-13,16,26-28H,3,14-15H2,1-2H3. The minimum Gasteiger partial charge on any atom is -0.508 e. The van der Waals surface area contributed by atoms with Crippen LogP contribution >= 0.6 is 0 Å². The van der Waals surface area contributed by atoms with Crippen molar-refractivity contribution in [2.45, 2.75) is 13.3 Å². The molecular weight excluding hydrogens is 380 g/mol. The molecule has 0 saturated carbocycles. The Balaban J connectivity index is 2.22. The van der Waals surface area contributed by atoms with Gasteiger partial charge in [-0.3, -0.25) is 0 Å². The molecule has 3 aromatic carbocycles. The highest BCUT2D eigenvalue weighted by Gasteiger charge is 2.15. The molecule has 0 aliphatic rings. The summed E-state index contributed by atoms with van der Waals surface area (Å²) in [4.78, 5) is 0. The largest absolute Gasteiger partial charge is 0.508 e. The molecule has 0 fully saturated rings. The monoisotopic (exact) mass is 406 g/mol. The van der Waals surface area contributed by atoms with Gasteiger partial charge in [-0.2, -0.15) is 0 Å². The van der Waals surface area contributed by atoms with Crippen LogP contribution in [-0.4, -0.2) is 35.6 Å². The zero-order chi connectivity index (χ0) is 21.5. The van der Waals surface area contributed by atoms with E-state index in [9.17, 15) is 10.2 Å². The quantitative estimate of drug-likeness (QED) is 0.466. The van der Waals surface area contributed by atoms with Crippen LogP contribution in [0.5, 0.6) is 23.0 Å². The SMILES string of the molecule is CCC(=C(c1ccc(O)cc1)c1ccc(O)cc1)c1ccc(OC)c(OCCO)c1. The number of phenolic OH excluding ortho intramolecular Hbond substituents is 2. The Bertz CT molecular complexity index is 957. The Labute approximate surface area is 176 Å². The van der Waals surface area contributed by atoms with E-state index in [4.69, 9.17) is 14.6 Å². The van der Waals surface area contributed by atoms with Crippen LogP contribution < -0.4 is 9.47 Å². The number of ether oxygens (including phenoxy) is 2. The first-order valence-electron chi connectivity index (χ1n) is 9.81. The summed E-state index contributed by atoms with van der Waals surface area (Å²) in [6, 6.07) is 19.9. The number of rotatable bonds is 8. The van der Waals surface area contributed by atoms with E-state index < -0.39 is 0 Å². The van der Waals surface area contributed by atoms with Gasteiger partial charge in [-0.25, -0.2) is 0 Å². The van der Waals surface area contributed by atoms with E-state index in [-0.39, 0.29) is 24.7 Å². The van der Waals surface area contributed by atoms with E-state index in [1.165, 1.54) is 0 Å². The van der Waals surface area contributed by atoms with Gasteiger partial charge < -0.3 is 24.8 Å². The fourth-order valence-corrected chi connectivity index (χ4v) is 3.43. The highest BCUT2D eigenvalue weighted by atomic mass is 16.5. The number of hydrogen-bond donors (Lipinski definition) is 3. The van der Waals surface area contributed by atoms with Crippen molar-refractivity contribution in [3.63, 3.8) is 0 Å². The van der Waals surface area contributed by atoms with Crippen LogP contribution in [0.25, 0.3) is 11.1 Å². The maximum Gasteiger partial charge on any atom is 0.161 e. The van der Waals surface area contributed by atoms with Crippen LogP contribution in [0.1, 0.15) is 30.0 Å². The van der Waals surface area contributed by atoms with Gasteiger partial charge in [0.1, 0.15) is 18.1 Å². The van der Waals surface area contributed by atoms with Crippen molar-refractivity contribution < 1.29 is 24.8 Å². The summed E-state index contributed by atoms with van der Waals surface area (Å²) >= 11 is 0. The van der Waals surface area contributed by atoms with E-state index in [1.807, 2.05) is 42.5 Å². The second-order valence-electron chi connectivity index (χ2n) is 6.74. The molecule has 0 unspecified atom stereocenters. The normalized spacial score (nSPS) is 10.5. The molecule has 30 heavy (non-hydrogen) atoms. The van der Waals surface area contributed by atoms with Gasteiger partial charge in [-0.15, -0.1) is 0 Å². The lowest BCUT2D eigenvalue weighted by atomic mass is 9.88. The minimum absolute atomic E-state index is 0.0872. The third-order valence-corrected chi connectivity index (χ3v) is 4.83. The zero-order valence-corrected chi connectivity index (χ0v) is 17.1. The minimum atomic E-state index is -0.0872. The van der Waals surface area contributed by atoms with Crippen LogP contribution in [0.15, 0.2) is 66.7 Å². The lowest BCUT2D eigenvalue weighted by molar-refractivity contribution is 0.196. The molecular formula is C25H26O5. The van der Waals surface area contributed by atoms with Crippen LogP contribution in [-0.2, 0) is 0 Å². The van der Waals surface area contributed by atoms with E-state index >= 15 is 0 Å². The number of allylic oxidation sites excluding steroid dienone is 1. The molecule has 3 aromatic rings. The summed E-state index contributed by atoms with van der Waals surface area (Å²) in [6.07, 6.45) is 0.739. The van der Waals surface area contributed by atoms with E-state index in [2.05, 4.69) is 6.92 Å². The number of aliphatic hydroxyl groups is 1. The summed E-state index contributed by atoms with van der Waals surface area (Å²) in [7, 11) is 1.58. The van der Waals surface area contributed by atoms with Crippen LogP contribution in [0, 0.1) is 0 Å². The Morgan fingerprint density at radius 2 is 1.30 bits per heavy atom. The number of hydrogen-bond acceptors (Lipinski definition) is 5. The summed E-state index contributed by atoms with van der Waals surface area (Å²) in [5, 5.41) is 28.6. The molecule has 0 atom stereocenters. The third kappa shape index (κ3) is 4.75. The fourth-order valence-electron chi connectivity index (χ4n) is 3.43. The van der Waals surface area contributed by atoms with Gasteiger partial charge in [0.2, 0.25) is 0 Å². The molecule has 0 aromatic heterocycles. The molecule has 0 bridgehead atoms. The summed E-state index contributed by atoms with van der Waals surface area (Å²) in [5.41, 5.74) is 4.93. The molecule has 0 radical (unpaired) electrons. The highest BCUT2D eigenvalue weighted by Crippen LogP contribution is 2.38. The van der Waals surface area contributed by atoms with Crippen molar-refractivity contribution >= 4 is 11.1 Å². The molecule has 0 aliphatic carbocycles. The molecule has 3 rings (SSSR count). The predicted octanol–water partition coefficient (Wildman–Crippen LogP) is 4.85. The van der Waals surface area contributed by atoms with Crippen LogP contribution in [0.2, 0.25) is 0 Å². The molecule has 0 heterocycles. The van der Waals surface area contributed by atoms with Crippen molar-refractivity contribution in [1.82, 2.24) is 0 Å². The van der Waals surface area contributed by atoms with Gasteiger partial charge in [-0.1, -0.05) is 37.3 Å². The second kappa shape index (κ2) is 9.85. The molecule has 5 heteroatoms. The molecule has 0 amide bonds. The zero-order valence-electron chi connectivity index (χ0n) is 17.1. The summed E-state index contributed by atoms with van der Waals surface area (Å²) < 4.78 is 11.1. The maximum absolute atomic E-state index is 9.73. The first kappa shape index (κ1) is 21.3. The Kier molecular flexibility index (Phi) is 6.99. The molecule has 5 nitrogen and oxygen atoms in total. The number of aliphatic hydroxyl groups excluding tert-OH is 1. The lowest BCUT2D eigenvalue weighted by Crippen LogP contribution is -2.04. The van der Waals surface area contributed by atoms with Crippen molar-refractivity contribution in [3.8, 4) is 23.0 Å². The number of aromatic hydroxyl groups is 2. The second-order valence-corrected chi connectivity index (χ2v) is 6.74. The smallest absolute Gasteiger partial charge is 0.161 e. The number of phenols is 2. The van der Waals surface area contributed by atoms with Gasteiger partial charge >= 0.3 is 0 Å². The van der Waals surface area contributed by atoms with E-state index in [0.29, 0.717) is 11.5 Å². The van der Waals surface area contributed by atoms with E-state index in [0.717, 1.165) is 34.3 Å². The fraction of sp³-hybridized carbons (Fsp3) is 0.200. The van der Waals surface area contributed by atoms with Crippen molar-refractivity contribution in [1.29, 1.82) is 0 Å². The average Bonchev–Trinajstić information content (AvgIpc) is 2.77. The van der Waals surface area contributed by atoms with Gasteiger partial charge in [0.05, 0.1) is 13.7 Å². The van der Waals surface area contributed by atoms with Crippen molar-refractivity contribution in [2.24, 2.45) is 0 Å². The van der Waals surface area contributed by atoms with Crippen molar-refractivity contribution in [3.05, 3.63) is 83.4 Å². The maximum atomic E-state index is 9.73. The third-order valence-electron chi connectivity index (χ3n) is 4.83. The van der Waals surface area contributed by atoms with Crippen LogP contribution in [0.3, 0.4) is 0 Å². The van der Waals surface area contributed by atoms with Crippen LogP contribution in [0.4, 0.5) is 0 Å². The molecule has 0 spiro atoms. The molecule has 156 valence electrons. The van der Waals surface area contributed by atoms with Gasteiger partial charge in [-0.05, 0) is 70.7 Å². The van der Waals surface area contributed by atoms with Gasteiger partial charge in [0, 0.05) is 0 Å². The Morgan fingerprint density at radius 1 is 0.767 bits per heavy atom. The number of benzene rings is 3. The van der Waals surface area contributed by atoms with Gasteiger partial charge in [0.15, 0.2) is 11.5 Å². The number of methoxy groups -OCH3 is 1. The first-order valence-corrected chi connectivity index (χ1v) is 9.81. The van der Waals surface area contributed by atoms with E-state index in [1.54, 1.807) is 31.4 Å². The summed E-state index contributed by atoms with van der Waals surface area (Å²) in [5.74, 6) is 1.56. The topological polar surface area (TPSA) is 79.2 Å². The molecule has 0 aliphatic heterocycles. The molecule has 0 saturated heterocycles. The first-order chi connectivity index (χ1) is 14.6. The summed E-state index contributed by atoms with van der Waals surface area (Å²) in [6.45, 7) is 2.17. The highest BCUT2D eigenvalue weighted by molar-refractivity contribution is 5.98. The Hall–Kier alpha value is -3.44. The predicted molar refractivity (Wildman–Crippen MR) is 118 cm³/mol.